The van der Waals surface area contributed by atoms with Gasteiger partial charge in [0.1, 0.15) is 5.82 Å². The van der Waals surface area contributed by atoms with E-state index in [4.69, 9.17) is 0 Å². The fourth-order valence-electron chi connectivity index (χ4n) is 4.21. The summed E-state index contributed by atoms with van der Waals surface area (Å²) in [6, 6.07) is 1.79. The van der Waals surface area contributed by atoms with Gasteiger partial charge in [-0.05, 0) is 25.7 Å². The molecule has 6 nitrogen and oxygen atoms in total. The maximum Gasteiger partial charge on any atom is 0.453 e. The molecule has 2 aromatic heterocycles. The SMILES string of the molecule is Cc1cc(N2CCN(CC3CCCCC3)CC2)n2nc(C(F)(F)F)nc2n1. The average molecular weight is 382 g/mol. The summed E-state index contributed by atoms with van der Waals surface area (Å²) in [5, 5.41) is 3.68. The Bertz CT molecular complexity index is 788. The Balaban J connectivity index is 1.49. The molecular formula is C18H25F3N6. The lowest BCUT2D eigenvalue weighted by atomic mass is 9.89. The van der Waals surface area contributed by atoms with Gasteiger partial charge in [-0.15, -0.1) is 5.10 Å². The number of aromatic nitrogens is 4. The van der Waals surface area contributed by atoms with Crippen molar-refractivity contribution < 1.29 is 13.2 Å². The molecule has 1 aliphatic carbocycles. The van der Waals surface area contributed by atoms with Gasteiger partial charge in [-0.25, -0.2) is 4.98 Å². The molecule has 148 valence electrons. The number of alkyl halides is 3. The predicted molar refractivity (Wildman–Crippen MR) is 95.7 cm³/mol. The fraction of sp³-hybridized carbons (Fsp3) is 0.722. The molecule has 1 saturated carbocycles. The first-order chi connectivity index (χ1) is 12.9. The maximum atomic E-state index is 13.0. The van der Waals surface area contributed by atoms with E-state index in [9.17, 15) is 13.2 Å². The van der Waals surface area contributed by atoms with Crippen LogP contribution in [0.15, 0.2) is 6.07 Å². The standard InChI is InChI=1S/C18H25F3N6/c1-13-11-15(27-17(22-13)23-16(24-27)18(19,20)21)26-9-7-25(8-10-26)12-14-5-3-2-4-6-14/h11,14H,2-10,12H2,1H3. The minimum Gasteiger partial charge on any atom is -0.354 e. The average Bonchev–Trinajstić information content (AvgIpc) is 3.07. The zero-order chi connectivity index (χ0) is 19.0. The lowest BCUT2D eigenvalue weighted by Gasteiger charge is -2.38. The molecule has 0 aromatic carbocycles. The van der Waals surface area contributed by atoms with Crippen LogP contribution in [0.1, 0.15) is 43.6 Å². The van der Waals surface area contributed by atoms with Gasteiger partial charge >= 0.3 is 6.18 Å². The first-order valence-electron chi connectivity index (χ1n) is 9.69. The molecule has 0 unspecified atom stereocenters. The molecule has 1 aliphatic heterocycles. The fourth-order valence-corrected chi connectivity index (χ4v) is 4.21. The Kier molecular flexibility index (Phi) is 4.96. The lowest BCUT2D eigenvalue weighted by molar-refractivity contribution is -0.144. The number of halogens is 3. The smallest absolute Gasteiger partial charge is 0.354 e. The van der Waals surface area contributed by atoms with Crippen molar-refractivity contribution in [2.45, 2.75) is 45.2 Å². The molecule has 4 rings (SSSR count). The monoisotopic (exact) mass is 382 g/mol. The van der Waals surface area contributed by atoms with Crippen LogP contribution in [-0.4, -0.2) is 57.2 Å². The van der Waals surface area contributed by atoms with Crippen molar-refractivity contribution in [2.24, 2.45) is 5.92 Å². The zero-order valence-electron chi connectivity index (χ0n) is 15.5. The van der Waals surface area contributed by atoms with Crippen LogP contribution in [0.4, 0.5) is 19.0 Å². The van der Waals surface area contributed by atoms with E-state index in [1.165, 1.54) is 36.6 Å². The van der Waals surface area contributed by atoms with Gasteiger partial charge in [-0.3, -0.25) is 4.90 Å². The Labute approximate surface area is 156 Å². The highest BCUT2D eigenvalue weighted by atomic mass is 19.4. The van der Waals surface area contributed by atoms with Crippen LogP contribution in [-0.2, 0) is 6.18 Å². The van der Waals surface area contributed by atoms with E-state index in [1.807, 2.05) is 0 Å². The summed E-state index contributed by atoms with van der Waals surface area (Å²) in [7, 11) is 0. The second kappa shape index (κ2) is 7.26. The molecule has 0 atom stereocenters. The van der Waals surface area contributed by atoms with Crippen LogP contribution in [0, 0.1) is 12.8 Å². The van der Waals surface area contributed by atoms with Gasteiger partial charge in [-0.2, -0.15) is 22.7 Å². The van der Waals surface area contributed by atoms with Gasteiger partial charge in [0.05, 0.1) is 0 Å². The Morgan fingerprint density at radius 1 is 1.04 bits per heavy atom. The normalized spacial score (nSPS) is 20.5. The van der Waals surface area contributed by atoms with E-state index in [2.05, 4.69) is 24.9 Å². The Morgan fingerprint density at radius 2 is 1.74 bits per heavy atom. The van der Waals surface area contributed by atoms with Crippen molar-refractivity contribution in [1.82, 2.24) is 24.5 Å². The summed E-state index contributed by atoms with van der Waals surface area (Å²) < 4.78 is 40.2. The summed E-state index contributed by atoms with van der Waals surface area (Å²) in [5.41, 5.74) is 0.642. The van der Waals surface area contributed by atoms with Crippen LogP contribution >= 0.6 is 0 Å². The van der Waals surface area contributed by atoms with Crippen molar-refractivity contribution in [1.29, 1.82) is 0 Å². The molecule has 2 aromatic rings. The predicted octanol–water partition coefficient (Wildman–Crippen LogP) is 3.15. The molecule has 2 fully saturated rings. The van der Waals surface area contributed by atoms with E-state index < -0.39 is 12.0 Å². The van der Waals surface area contributed by atoms with E-state index in [0.29, 0.717) is 11.5 Å². The number of fused-ring (bicyclic) bond motifs is 1. The van der Waals surface area contributed by atoms with Gasteiger partial charge in [-0.1, -0.05) is 19.3 Å². The third-order valence-electron chi connectivity index (χ3n) is 5.61. The second-order valence-corrected chi connectivity index (χ2v) is 7.69. The number of rotatable bonds is 3. The van der Waals surface area contributed by atoms with E-state index >= 15 is 0 Å². The number of nitrogens with zero attached hydrogens (tertiary/aromatic N) is 6. The summed E-state index contributed by atoms with van der Waals surface area (Å²) in [6.07, 6.45) is 2.11. The molecule has 9 heteroatoms. The van der Waals surface area contributed by atoms with Gasteiger partial charge in [0.25, 0.3) is 11.6 Å². The number of anilines is 1. The van der Waals surface area contributed by atoms with Crippen LogP contribution < -0.4 is 4.90 Å². The molecule has 0 amide bonds. The quantitative estimate of drug-likeness (QED) is 0.816. The van der Waals surface area contributed by atoms with Gasteiger partial charge in [0, 0.05) is 44.5 Å². The molecule has 27 heavy (non-hydrogen) atoms. The highest BCUT2D eigenvalue weighted by Gasteiger charge is 2.37. The van der Waals surface area contributed by atoms with Crippen LogP contribution in [0.2, 0.25) is 0 Å². The molecule has 2 aliphatic rings. The van der Waals surface area contributed by atoms with Crippen molar-refractivity contribution in [3.8, 4) is 0 Å². The van der Waals surface area contributed by atoms with E-state index in [0.717, 1.165) is 38.6 Å². The Morgan fingerprint density at radius 3 is 2.41 bits per heavy atom. The van der Waals surface area contributed by atoms with Crippen LogP contribution in [0.25, 0.3) is 5.78 Å². The molecule has 1 saturated heterocycles. The minimum atomic E-state index is -4.57. The van der Waals surface area contributed by atoms with Crippen LogP contribution in [0.3, 0.4) is 0 Å². The minimum absolute atomic E-state index is 0.00182. The molecule has 0 bridgehead atoms. The van der Waals surface area contributed by atoms with Crippen molar-refractivity contribution in [3.63, 3.8) is 0 Å². The van der Waals surface area contributed by atoms with Crippen molar-refractivity contribution in [2.75, 3.05) is 37.6 Å². The number of aryl methyl sites for hydroxylation is 1. The molecule has 0 spiro atoms. The van der Waals surface area contributed by atoms with E-state index in [-0.39, 0.29) is 5.78 Å². The van der Waals surface area contributed by atoms with Crippen molar-refractivity contribution >= 4 is 11.6 Å². The zero-order valence-corrected chi connectivity index (χ0v) is 15.5. The van der Waals surface area contributed by atoms with E-state index in [1.54, 1.807) is 13.0 Å². The summed E-state index contributed by atoms with van der Waals surface area (Å²) >= 11 is 0. The third kappa shape index (κ3) is 4.02. The molecule has 3 heterocycles. The van der Waals surface area contributed by atoms with Gasteiger partial charge in [0.15, 0.2) is 0 Å². The molecule has 0 N–H and O–H groups in total. The second-order valence-electron chi connectivity index (χ2n) is 7.69. The number of hydrogen-bond acceptors (Lipinski definition) is 5. The molecular weight excluding hydrogens is 357 g/mol. The van der Waals surface area contributed by atoms with Crippen molar-refractivity contribution in [3.05, 3.63) is 17.6 Å². The highest BCUT2D eigenvalue weighted by Crippen LogP contribution is 2.28. The summed E-state index contributed by atoms with van der Waals surface area (Å²) in [4.78, 5) is 12.3. The largest absolute Gasteiger partial charge is 0.453 e. The summed E-state index contributed by atoms with van der Waals surface area (Å²) in [6.45, 7) is 6.28. The maximum absolute atomic E-state index is 13.0. The first-order valence-corrected chi connectivity index (χ1v) is 9.69. The Hall–Kier alpha value is -1.90. The summed E-state index contributed by atoms with van der Waals surface area (Å²) in [5.74, 6) is 0.294. The topological polar surface area (TPSA) is 49.6 Å². The van der Waals surface area contributed by atoms with Crippen LogP contribution in [0.5, 0.6) is 0 Å². The number of piperazine rings is 1. The number of hydrogen-bond donors (Lipinski definition) is 0. The van der Waals surface area contributed by atoms with Gasteiger partial charge in [0.2, 0.25) is 0 Å². The molecule has 0 radical (unpaired) electrons. The highest BCUT2D eigenvalue weighted by molar-refractivity contribution is 5.48. The first kappa shape index (κ1) is 18.5. The third-order valence-corrected chi connectivity index (χ3v) is 5.61. The van der Waals surface area contributed by atoms with Gasteiger partial charge < -0.3 is 4.90 Å². The lowest BCUT2D eigenvalue weighted by Crippen LogP contribution is -2.48.